The van der Waals surface area contributed by atoms with E-state index < -0.39 is 0 Å². The zero-order chi connectivity index (χ0) is 18.2. The van der Waals surface area contributed by atoms with Gasteiger partial charge in [-0.25, -0.2) is 15.0 Å². The Bertz CT molecular complexity index is 709. The van der Waals surface area contributed by atoms with Crippen LogP contribution in [0.15, 0.2) is 29.5 Å². The molecule has 0 atom stereocenters. The largest absolute Gasteiger partial charge is 0.357 e. The number of anilines is 1. The van der Waals surface area contributed by atoms with Crippen molar-refractivity contribution in [2.24, 2.45) is 4.99 Å². The van der Waals surface area contributed by atoms with Gasteiger partial charge >= 0.3 is 0 Å². The molecule has 8 heteroatoms. The Morgan fingerprint density at radius 1 is 1.15 bits per heavy atom. The maximum absolute atomic E-state index is 4.67. The van der Waals surface area contributed by atoms with Gasteiger partial charge in [-0.1, -0.05) is 13.0 Å². The number of rotatable bonds is 7. The van der Waals surface area contributed by atoms with Gasteiger partial charge in [0.25, 0.3) is 0 Å². The summed E-state index contributed by atoms with van der Waals surface area (Å²) in [5, 5.41) is 7.73. The molecular weight excluding hydrogens is 471 g/mol. The van der Waals surface area contributed by atoms with Crippen LogP contribution in [-0.4, -0.2) is 35.6 Å². The molecule has 1 saturated heterocycles. The van der Waals surface area contributed by atoms with Gasteiger partial charge in [-0.15, -0.1) is 35.3 Å². The van der Waals surface area contributed by atoms with Gasteiger partial charge in [0.1, 0.15) is 10.8 Å². The topological polar surface area (TPSA) is 65.4 Å². The van der Waals surface area contributed by atoms with Gasteiger partial charge in [-0.3, -0.25) is 0 Å². The number of guanidine groups is 1. The molecule has 3 rings (SSSR count). The molecule has 0 bridgehead atoms. The van der Waals surface area contributed by atoms with Gasteiger partial charge in [0.2, 0.25) is 0 Å². The standard InChI is InChI=1S/C19H28N6S.HI/c1-3-16-13-22-18(26-16)14-24-19(20-4-2)23-12-15-7-8-17(21-11-15)25-9-5-6-10-25;/h7-8,11,13H,3-6,9-10,12,14H2,1-2H3,(H2,20,23,24);1H. The molecule has 2 aromatic rings. The monoisotopic (exact) mass is 500 g/mol. The third-order valence-corrected chi connectivity index (χ3v) is 5.50. The second-order valence-corrected chi connectivity index (χ2v) is 7.54. The van der Waals surface area contributed by atoms with Crippen molar-refractivity contribution in [3.63, 3.8) is 0 Å². The van der Waals surface area contributed by atoms with Crippen LogP contribution >= 0.6 is 35.3 Å². The van der Waals surface area contributed by atoms with Crippen LogP contribution in [0.2, 0.25) is 0 Å². The molecule has 2 aromatic heterocycles. The van der Waals surface area contributed by atoms with E-state index in [2.05, 4.69) is 56.5 Å². The number of halogens is 1. The van der Waals surface area contributed by atoms with E-state index in [1.165, 1.54) is 17.7 Å². The lowest BCUT2D eigenvalue weighted by atomic mass is 10.3. The normalized spacial score (nSPS) is 14.1. The van der Waals surface area contributed by atoms with Crippen LogP contribution in [0, 0.1) is 0 Å². The Balaban J connectivity index is 0.00000261. The minimum absolute atomic E-state index is 0. The fourth-order valence-corrected chi connectivity index (χ4v) is 3.71. The summed E-state index contributed by atoms with van der Waals surface area (Å²) >= 11 is 1.75. The average molecular weight is 500 g/mol. The third-order valence-electron chi connectivity index (χ3n) is 4.36. The second kappa shape index (κ2) is 11.4. The van der Waals surface area contributed by atoms with Crippen molar-refractivity contribution >= 4 is 47.1 Å². The van der Waals surface area contributed by atoms with Gasteiger partial charge in [-0.2, -0.15) is 0 Å². The van der Waals surface area contributed by atoms with Gasteiger partial charge in [0.15, 0.2) is 5.96 Å². The number of thiazole rings is 1. The Labute approximate surface area is 182 Å². The number of nitrogens with one attached hydrogen (secondary N) is 2. The average Bonchev–Trinajstić information content (AvgIpc) is 3.36. The highest BCUT2D eigenvalue weighted by molar-refractivity contribution is 14.0. The van der Waals surface area contributed by atoms with E-state index >= 15 is 0 Å². The third kappa shape index (κ3) is 6.60. The molecule has 0 spiro atoms. The first-order valence-corrected chi connectivity index (χ1v) is 10.3. The number of aryl methyl sites for hydroxylation is 1. The van der Waals surface area contributed by atoms with Crippen molar-refractivity contribution < 1.29 is 0 Å². The molecule has 1 aliphatic rings. The van der Waals surface area contributed by atoms with Crippen molar-refractivity contribution in [2.75, 3.05) is 24.5 Å². The molecule has 3 heterocycles. The van der Waals surface area contributed by atoms with E-state index in [1.54, 1.807) is 11.3 Å². The minimum atomic E-state index is 0. The molecule has 6 nitrogen and oxygen atoms in total. The lowest BCUT2D eigenvalue weighted by Gasteiger charge is -2.16. The molecule has 0 radical (unpaired) electrons. The highest BCUT2D eigenvalue weighted by Gasteiger charge is 2.12. The minimum Gasteiger partial charge on any atom is -0.357 e. The maximum atomic E-state index is 4.67. The zero-order valence-corrected chi connectivity index (χ0v) is 19.2. The molecule has 0 saturated carbocycles. The van der Waals surface area contributed by atoms with E-state index in [4.69, 9.17) is 0 Å². The fraction of sp³-hybridized carbons (Fsp3) is 0.526. The maximum Gasteiger partial charge on any atom is 0.191 e. The molecule has 1 fully saturated rings. The van der Waals surface area contributed by atoms with Gasteiger partial charge in [0, 0.05) is 36.9 Å². The van der Waals surface area contributed by atoms with Crippen LogP contribution in [0.25, 0.3) is 0 Å². The van der Waals surface area contributed by atoms with Crippen LogP contribution < -0.4 is 15.5 Å². The Hall–Kier alpha value is -1.42. The lowest BCUT2D eigenvalue weighted by molar-refractivity contribution is 0.810. The number of hydrogen-bond acceptors (Lipinski definition) is 5. The quantitative estimate of drug-likeness (QED) is 0.346. The van der Waals surface area contributed by atoms with Gasteiger partial charge < -0.3 is 15.5 Å². The number of aromatic nitrogens is 2. The number of pyridine rings is 1. The summed E-state index contributed by atoms with van der Waals surface area (Å²) < 4.78 is 0. The Morgan fingerprint density at radius 2 is 1.96 bits per heavy atom. The predicted molar refractivity (Wildman–Crippen MR) is 124 cm³/mol. The fourth-order valence-electron chi connectivity index (χ4n) is 2.91. The summed E-state index contributed by atoms with van der Waals surface area (Å²) in [5.74, 6) is 1.89. The zero-order valence-electron chi connectivity index (χ0n) is 16.1. The Kier molecular flexibility index (Phi) is 9.26. The summed E-state index contributed by atoms with van der Waals surface area (Å²) in [6.07, 6.45) is 7.47. The first-order valence-electron chi connectivity index (χ1n) is 9.44. The highest BCUT2D eigenvalue weighted by atomic mass is 127. The predicted octanol–water partition coefficient (Wildman–Crippen LogP) is 3.57. The lowest BCUT2D eigenvalue weighted by Crippen LogP contribution is -2.36. The summed E-state index contributed by atoms with van der Waals surface area (Å²) in [5.41, 5.74) is 1.12. The van der Waals surface area contributed by atoms with Crippen LogP contribution in [0.3, 0.4) is 0 Å². The molecule has 0 aliphatic carbocycles. The van der Waals surface area contributed by atoms with Crippen molar-refractivity contribution in [3.8, 4) is 0 Å². The van der Waals surface area contributed by atoms with Crippen molar-refractivity contribution in [3.05, 3.63) is 40.0 Å². The molecule has 0 unspecified atom stereocenters. The number of nitrogens with zero attached hydrogens (tertiary/aromatic N) is 4. The van der Waals surface area contributed by atoms with E-state index in [9.17, 15) is 0 Å². The van der Waals surface area contributed by atoms with Crippen LogP contribution in [0.1, 0.15) is 42.1 Å². The highest BCUT2D eigenvalue weighted by Crippen LogP contribution is 2.17. The van der Waals surface area contributed by atoms with Gasteiger partial charge in [0.05, 0.1) is 13.1 Å². The van der Waals surface area contributed by atoms with Crippen molar-refractivity contribution in [1.29, 1.82) is 0 Å². The van der Waals surface area contributed by atoms with Crippen LogP contribution in [0.5, 0.6) is 0 Å². The second-order valence-electron chi connectivity index (χ2n) is 6.34. The molecule has 1 aliphatic heterocycles. The first kappa shape index (κ1) is 21.9. The van der Waals surface area contributed by atoms with Gasteiger partial charge in [-0.05, 0) is 37.8 Å². The SMILES string of the molecule is CCNC(=NCc1ccc(N2CCCC2)nc1)NCc1ncc(CC)s1.I. The summed E-state index contributed by atoms with van der Waals surface area (Å²) in [6, 6.07) is 4.24. The smallest absolute Gasteiger partial charge is 0.191 e. The van der Waals surface area contributed by atoms with E-state index in [0.29, 0.717) is 13.1 Å². The molecule has 2 N–H and O–H groups in total. The molecule has 148 valence electrons. The number of aliphatic imine (C=N–C) groups is 1. The summed E-state index contributed by atoms with van der Waals surface area (Å²) in [7, 11) is 0. The summed E-state index contributed by atoms with van der Waals surface area (Å²) in [4.78, 5) is 17.4. The van der Waals surface area contributed by atoms with Crippen LogP contribution in [-0.2, 0) is 19.5 Å². The molecule has 0 aromatic carbocycles. The number of hydrogen-bond donors (Lipinski definition) is 2. The van der Waals surface area contributed by atoms with Crippen LogP contribution in [0.4, 0.5) is 5.82 Å². The molecule has 27 heavy (non-hydrogen) atoms. The van der Waals surface area contributed by atoms with E-state index in [-0.39, 0.29) is 24.0 Å². The molecular formula is C19H29IN6S. The first-order chi connectivity index (χ1) is 12.8. The van der Waals surface area contributed by atoms with Crippen molar-refractivity contribution in [1.82, 2.24) is 20.6 Å². The Morgan fingerprint density at radius 3 is 2.59 bits per heavy atom. The summed E-state index contributed by atoms with van der Waals surface area (Å²) in [6.45, 7) is 8.60. The van der Waals surface area contributed by atoms with E-state index in [1.807, 2.05) is 12.4 Å². The van der Waals surface area contributed by atoms with Crippen molar-refractivity contribution in [2.45, 2.75) is 46.2 Å². The van der Waals surface area contributed by atoms with E-state index in [0.717, 1.165) is 48.4 Å². The molecule has 0 amide bonds.